The fraction of sp³-hybridized carbons (Fsp3) is 0.389. The monoisotopic (exact) mass is 320 g/mol. The number of tetrazole rings is 1. The zero-order valence-electron chi connectivity index (χ0n) is 13.5. The average Bonchev–Trinajstić information content (AvgIpc) is 3.17. The van der Waals surface area contributed by atoms with Crippen molar-refractivity contribution in [1.82, 2.24) is 29.7 Å². The van der Waals surface area contributed by atoms with Crippen molar-refractivity contribution in [3.8, 4) is 0 Å². The summed E-state index contributed by atoms with van der Waals surface area (Å²) in [5.41, 5.74) is 2.67. The van der Waals surface area contributed by atoms with Gasteiger partial charge in [0.1, 0.15) is 0 Å². The molecule has 3 aromatic rings. The number of rotatable bonds is 4. The largest absolute Gasteiger partial charge is 0.348 e. The molecule has 2 aromatic heterocycles. The number of hydrogen-bond acceptors (Lipinski definition) is 4. The normalized spacial score (nSPS) is 20.9. The fourth-order valence-corrected chi connectivity index (χ4v) is 3.72. The molecule has 1 aromatic carbocycles. The van der Waals surface area contributed by atoms with Gasteiger partial charge in [0, 0.05) is 25.0 Å². The molecule has 0 saturated heterocycles. The maximum atomic E-state index is 4.30. The third-order valence-electron chi connectivity index (χ3n) is 5.05. The zero-order chi connectivity index (χ0) is 15.9. The van der Waals surface area contributed by atoms with Crippen molar-refractivity contribution in [3.05, 3.63) is 65.7 Å². The van der Waals surface area contributed by atoms with Crippen molar-refractivity contribution in [2.45, 2.75) is 38.0 Å². The van der Waals surface area contributed by atoms with Crippen LogP contribution in [0.1, 0.15) is 42.0 Å². The molecule has 1 atom stereocenters. The van der Waals surface area contributed by atoms with Crippen molar-refractivity contribution in [3.63, 3.8) is 0 Å². The Kier molecular flexibility index (Phi) is 3.23. The highest BCUT2D eigenvalue weighted by molar-refractivity contribution is 5.30. The molecule has 0 amide bonds. The van der Waals surface area contributed by atoms with E-state index in [1.165, 1.54) is 24.1 Å². The minimum Gasteiger partial charge on any atom is -0.348 e. The van der Waals surface area contributed by atoms with Gasteiger partial charge in [-0.2, -0.15) is 0 Å². The van der Waals surface area contributed by atoms with Gasteiger partial charge in [0.25, 0.3) is 0 Å². The summed E-state index contributed by atoms with van der Waals surface area (Å²) >= 11 is 0. The molecule has 0 unspecified atom stereocenters. The second kappa shape index (κ2) is 5.56. The summed E-state index contributed by atoms with van der Waals surface area (Å²) in [7, 11) is 0. The lowest BCUT2D eigenvalue weighted by molar-refractivity contribution is 0.167. The Morgan fingerprint density at radius 2 is 1.88 bits per heavy atom. The molecule has 0 bridgehead atoms. The zero-order valence-corrected chi connectivity index (χ0v) is 13.5. The molecular formula is C18H20N6. The van der Waals surface area contributed by atoms with Crippen molar-refractivity contribution >= 4 is 0 Å². The van der Waals surface area contributed by atoms with Crippen molar-refractivity contribution in [1.29, 1.82) is 0 Å². The van der Waals surface area contributed by atoms with Crippen LogP contribution < -0.4 is 0 Å². The quantitative estimate of drug-likeness (QED) is 0.741. The third-order valence-corrected chi connectivity index (χ3v) is 5.05. The first kappa shape index (κ1) is 13.9. The van der Waals surface area contributed by atoms with Gasteiger partial charge in [0.05, 0.1) is 18.6 Å². The van der Waals surface area contributed by atoms with Gasteiger partial charge in [-0.25, -0.2) is 4.68 Å². The van der Waals surface area contributed by atoms with Crippen molar-refractivity contribution in [2.75, 3.05) is 6.54 Å². The van der Waals surface area contributed by atoms with E-state index >= 15 is 0 Å². The van der Waals surface area contributed by atoms with E-state index in [9.17, 15) is 0 Å². The number of fused-ring (bicyclic) bond motifs is 1. The first-order valence-electron chi connectivity index (χ1n) is 8.61. The summed E-state index contributed by atoms with van der Waals surface area (Å²) in [6, 6.07) is 15.9. The molecule has 0 N–H and O–H groups in total. The highest BCUT2D eigenvalue weighted by atomic mass is 15.6. The van der Waals surface area contributed by atoms with Crippen molar-refractivity contribution < 1.29 is 0 Å². The Balaban J connectivity index is 1.51. The molecule has 0 spiro atoms. The van der Waals surface area contributed by atoms with Crippen LogP contribution in [0, 0.1) is 0 Å². The van der Waals surface area contributed by atoms with E-state index in [0.29, 0.717) is 6.04 Å². The Hall–Kier alpha value is -2.47. The maximum absolute atomic E-state index is 4.30. The number of benzene rings is 1. The molecule has 2 aliphatic rings. The molecule has 3 heterocycles. The van der Waals surface area contributed by atoms with Crippen LogP contribution in [-0.2, 0) is 13.1 Å². The van der Waals surface area contributed by atoms with E-state index < -0.39 is 0 Å². The van der Waals surface area contributed by atoms with E-state index in [4.69, 9.17) is 0 Å². The standard InChI is InChI=1S/C18H20N6/c1-2-5-14(6-3-1)18-16-7-4-10-22(16)11-12-23(18)13-17-19-20-21-24(17)15-8-9-15/h1-7,10,15,18H,8-9,11-13H2/t18-/m1/s1. The smallest absolute Gasteiger partial charge is 0.165 e. The molecule has 1 fully saturated rings. The van der Waals surface area contributed by atoms with Crippen LogP contribution in [-0.4, -0.2) is 36.2 Å². The van der Waals surface area contributed by atoms with Gasteiger partial charge < -0.3 is 4.57 Å². The maximum Gasteiger partial charge on any atom is 0.165 e. The van der Waals surface area contributed by atoms with Crippen molar-refractivity contribution in [2.24, 2.45) is 0 Å². The fourth-order valence-electron chi connectivity index (χ4n) is 3.72. The lowest BCUT2D eigenvalue weighted by atomic mass is 10.00. The number of hydrogen-bond donors (Lipinski definition) is 0. The summed E-state index contributed by atoms with van der Waals surface area (Å²) < 4.78 is 4.38. The van der Waals surface area contributed by atoms with Gasteiger partial charge in [0.2, 0.25) is 0 Å². The molecule has 6 heteroatoms. The van der Waals surface area contributed by atoms with Gasteiger partial charge in [0.15, 0.2) is 5.82 Å². The molecule has 0 radical (unpaired) electrons. The van der Waals surface area contributed by atoms with Crippen LogP contribution in [0.2, 0.25) is 0 Å². The van der Waals surface area contributed by atoms with Gasteiger partial charge in [-0.15, -0.1) is 5.10 Å². The molecule has 1 saturated carbocycles. The molecule has 5 rings (SSSR count). The Bertz CT molecular complexity index is 832. The Morgan fingerprint density at radius 1 is 1.00 bits per heavy atom. The predicted molar refractivity (Wildman–Crippen MR) is 89.2 cm³/mol. The highest BCUT2D eigenvalue weighted by Gasteiger charge is 2.32. The molecule has 1 aliphatic carbocycles. The molecule has 122 valence electrons. The first-order valence-corrected chi connectivity index (χ1v) is 8.61. The van der Waals surface area contributed by atoms with Gasteiger partial charge >= 0.3 is 0 Å². The summed E-state index contributed by atoms with van der Waals surface area (Å²) in [6.45, 7) is 2.80. The Morgan fingerprint density at radius 3 is 2.71 bits per heavy atom. The third kappa shape index (κ3) is 2.34. The molecule has 1 aliphatic heterocycles. The minimum atomic E-state index is 0.249. The summed E-state index contributed by atoms with van der Waals surface area (Å²) in [4.78, 5) is 2.50. The molecule has 24 heavy (non-hydrogen) atoms. The Labute approximate surface area is 140 Å². The number of aromatic nitrogens is 5. The highest BCUT2D eigenvalue weighted by Crippen LogP contribution is 2.36. The van der Waals surface area contributed by atoms with Gasteiger partial charge in [-0.1, -0.05) is 30.3 Å². The second-order valence-electron chi connectivity index (χ2n) is 6.68. The molecule has 6 nitrogen and oxygen atoms in total. The second-order valence-corrected chi connectivity index (χ2v) is 6.68. The predicted octanol–water partition coefficient (Wildman–Crippen LogP) is 2.41. The average molecular weight is 320 g/mol. The van der Waals surface area contributed by atoms with E-state index in [2.05, 4.69) is 73.7 Å². The summed E-state index contributed by atoms with van der Waals surface area (Å²) in [5.74, 6) is 0.985. The number of nitrogens with zero attached hydrogens (tertiary/aromatic N) is 6. The van der Waals surface area contributed by atoms with Crippen LogP contribution in [0.25, 0.3) is 0 Å². The lowest BCUT2D eigenvalue weighted by Crippen LogP contribution is -2.38. The lowest BCUT2D eigenvalue weighted by Gasteiger charge is -2.37. The van der Waals surface area contributed by atoms with E-state index in [-0.39, 0.29) is 6.04 Å². The summed E-state index contributed by atoms with van der Waals surface area (Å²) in [6.07, 6.45) is 4.57. The van der Waals surface area contributed by atoms with Gasteiger partial charge in [-0.3, -0.25) is 4.90 Å². The van der Waals surface area contributed by atoms with Crippen LogP contribution in [0.5, 0.6) is 0 Å². The van der Waals surface area contributed by atoms with E-state index in [1.54, 1.807) is 0 Å². The summed E-state index contributed by atoms with van der Waals surface area (Å²) in [5, 5.41) is 12.4. The SMILES string of the molecule is c1ccc([C@@H]2c3cccn3CCN2Cc2nnnn2C2CC2)cc1. The minimum absolute atomic E-state index is 0.249. The van der Waals surface area contributed by atoms with E-state index in [1.807, 2.05) is 4.68 Å². The first-order chi connectivity index (χ1) is 11.9. The van der Waals surface area contributed by atoms with Crippen LogP contribution in [0.15, 0.2) is 48.7 Å². The van der Waals surface area contributed by atoms with Gasteiger partial charge in [-0.05, 0) is 41.0 Å². The van der Waals surface area contributed by atoms with Crippen LogP contribution in [0.3, 0.4) is 0 Å². The van der Waals surface area contributed by atoms with E-state index in [0.717, 1.165) is 25.5 Å². The topological polar surface area (TPSA) is 51.8 Å². The van der Waals surface area contributed by atoms with Crippen LogP contribution >= 0.6 is 0 Å². The molecular weight excluding hydrogens is 300 g/mol. The van der Waals surface area contributed by atoms with Crippen LogP contribution in [0.4, 0.5) is 0 Å².